The maximum atomic E-state index is 12.8. The Morgan fingerprint density at radius 3 is 2.37 bits per heavy atom. The van der Waals surface area contributed by atoms with Gasteiger partial charge in [-0.15, -0.1) is 0 Å². The second-order valence-electron chi connectivity index (χ2n) is 6.26. The number of nitrogens with zero attached hydrogens (tertiary/aromatic N) is 3. The normalized spacial score (nSPS) is 12.2. The van der Waals surface area contributed by atoms with E-state index in [-0.39, 0.29) is 17.9 Å². The lowest BCUT2D eigenvalue weighted by molar-refractivity contribution is -0.0436. The average Bonchev–Trinajstić information content (AvgIpc) is 2.90. The molecule has 0 saturated carbocycles. The minimum Gasteiger partial charge on any atom is -0.493 e. The molecule has 1 N–H and O–H groups in total. The summed E-state index contributed by atoms with van der Waals surface area (Å²) in [6, 6.07) is 6.74. The molecule has 1 aromatic carbocycles. The Balaban J connectivity index is 2.02. The lowest BCUT2D eigenvalue weighted by Gasteiger charge is -2.09. The van der Waals surface area contributed by atoms with Gasteiger partial charge in [0, 0.05) is 12.3 Å². The van der Waals surface area contributed by atoms with Crippen LogP contribution >= 0.6 is 0 Å². The van der Waals surface area contributed by atoms with Gasteiger partial charge in [0.05, 0.1) is 29.9 Å². The van der Waals surface area contributed by atoms with Crippen LogP contribution in [0.25, 0.3) is 5.69 Å². The fourth-order valence-corrected chi connectivity index (χ4v) is 3.57. The zero-order valence-corrected chi connectivity index (χ0v) is 16.5. The van der Waals surface area contributed by atoms with Crippen molar-refractivity contribution >= 4 is 9.84 Å². The Morgan fingerprint density at radius 1 is 1.17 bits per heavy atom. The maximum Gasteiger partial charge on any atom is 0.501 e. The summed E-state index contributed by atoms with van der Waals surface area (Å²) in [5, 5.41) is 10.4. The van der Waals surface area contributed by atoms with Gasteiger partial charge in [-0.3, -0.25) is 4.57 Å². The smallest absolute Gasteiger partial charge is 0.493 e. The molecule has 0 amide bonds. The van der Waals surface area contributed by atoms with Crippen LogP contribution in [0.4, 0.5) is 13.2 Å². The van der Waals surface area contributed by atoms with Crippen molar-refractivity contribution in [1.29, 1.82) is 0 Å². The van der Waals surface area contributed by atoms with E-state index in [2.05, 4.69) is 4.98 Å². The molecule has 0 saturated heterocycles. The third-order valence-corrected chi connectivity index (χ3v) is 5.92. The van der Waals surface area contributed by atoms with Gasteiger partial charge in [0.25, 0.3) is 9.84 Å². The molecule has 2 heterocycles. The second kappa shape index (κ2) is 7.52. The van der Waals surface area contributed by atoms with Crippen LogP contribution in [0.3, 0.4) is 0 Å². The highest BCUT2D eigenvalue weighted by Crippen LogP contribution is 2.31. The van der Waals surface area contributed by atoms with Crippen molar-refractivity contribution in [3.8, 4) is 17.4 Å². The molecule has 0 atom stereocenters. The van der Waals surface area contributed by atoms with E-state index in [1.807, 2.05) is 0 Å². The summed E-state index contributed by atoms with van der Waals surface area (Å²) in [7, 11) is -4.08. The molecule has 0 aliphatic carbocycles. The van der Waals surface area contributed by atoms with Crippen molar-refractivity contribution in [2.24, 2.45) is 0 Å². The molecule has 160 valence electrons. The monoisotopic (exact) mass is 443 g/mol. The number of rotatable bonds is 5. The number of benzene rings is 1. The van der Waals surface area contributed by atoms with Crippen LogP contribution < -0.4 is 10.4 Å². The lowest BCUT2D eigenvalue weighted by Crippen LogP contribution is -2.25. The van der Waals surface area contributed by atoms with Gasteiger partial charge in [-0.2, -0.15) is 13.2 Å². The number of aromatic nitrogens is 3. The predicted molar refractivity (Wildman–Crippen MR) is 99.6 cm³/mol. The Bertz CT molecular complexity index is 1250. The third-order valence-electron chi connectivity index (χ3n) is 4.42. The van der Waals surface area contributed by atoms with Crippen LogP contribution in [0.2, 0.25) is 0 Å². The van der Waals surface area contributed by atoms with Gasteiger partial charge in [0.15, 0.2) is 0 Å². The van der Waals surface area contributed by atoms with Crippen LogP contribution in [0.15, 0.2) is 52.3 Å². The quantitative estimate of drug-likeness (QED) is 0.650. The number of halogens is 3. The summed E-state index contributed by atoms with van der Waals surface area (Å²) in [5.41, 5.74) is -5.22. The van der Waals surface area contributed by atoms with Crippen LogP contribution in [-0.4, -0.2) is 40.3 Å². The van der Waals surface area contributed by atoms with E-state index in [0.717, 1.165) is 28.8 Å². The molecule has 0 bridgehead atoms. The topological polar surface area (TPSA) is 103 Å². The number of imidazole rings is 1. The summed E-state index contributed by atoms with van der Waals surface area (Å²) in [6.45, 7) is 1.57. The predicted octanol–water partition coefficient (Wildman–Crippen LogP) is 2.40. The molecule has 3 rings (SSSR count). The van der Waals surface area contributed by atoms with E-state index >= 15 is 0 Å². The molecule has 0 spiro atoms. The molecule has 2 aromatic heterocycles. The standard InChI is InChI=1S/C18H16F3N3O5S/c1-11-16(25)24(13-3-5-14(6-4-13)30(27,28)18(19,20)21)17(26)23(11)10-12-7-8-22-15(9-12)29-2/h3-9,25H,10H2,1-2H3. The van der Waals surface area contributed by atoms with Crippen molar-refractivity contribution in [1.82, 2.24) is 14.1 Å². The molecular weight excluding hydrogens is 427 g/mol. The number of ether oxygens (including phenoxy) is 1. The molecule has 0 aliphatic heterocycles. The number of methoxy groups -OCH3 is 1. The molecule has 0 unspecified atom stereocenters. The summed E-state index contributed by atoms with van der Waals surface area (Å²) in [6.07, 6.45) is 1.49. The Morgan fingerprint density at radius 2 is 1.80 bits per heavy atom. The number of alkyl halides is 3. The van der Waals surface area contributed by atoms with E-state index in [1.54, 1.807) is 12.1 Å². The van der Waals surface area contributed by atoms with Crippen LogP contribution in [0.5, 0.6) is 11.8 Å². The van der Waals surface area contributed by atoms with E-state index < -0.39 is 31.8 Å². The Labute approximate surface area is 168 Å². The van der Waals surface area contributed by atoms with E-state index in [0.29, 0.717) is 11.4 Å². The number of pyridine rings is 1. The van der Waals surface area contributed by atoms with Crippen molar-refractivity contribution in [3.05, 3.63) is 64.3 Å². The van der Waals surface area contributed by atoms with Gasteiger partial charge in [-0.05, 0) is 42.8 Å². The number of aromatic hydroxyl groups is 1. The summed E-state index contributed by atoms with van der Waals surface area (Å²) < 4.78 is 68.2. The van der Waals surface area contributed by atoms with E-state index in [4.69, 9.17) is 4.74 Å². The number of hydrogen-bond acceptors (Lipinski definition) is 6. The number of hydrogen-bond donors (Lipinski definition) is 1. The summed E-state index contributed by atoms with van der Waals surface area (Å²) in [4.78, 5) is 15.8. The van der Waals surface area contributed by atoms with Crippen LogP contribution in [-0.2, 0) is 16.4 Å². The number of sulfone groups is 1. The highest BCUT2D eigenvalue weighted by Gasteiger charge is 2.46. The van der Waals surface area contributed by atoms with Crippen molar-refractivity contribution in [2.45, 2.75) is 23.9 Å². The van der Waals surface area contributed by atoms with Crippen molar-refractivity contribution in [3.63, 3.8) is 0 Å². The van der Waals surface area contributed by atoms with Crippen molar-refractivity contribution < 1.29 is 31.4 Å². The first kappa shape index (κ1) is 21.4. The first-order chi connectivity index (χ1) is 14.0. The van der Waals surface area contributed by atoms with E-state index in [1.165, 1.54) is 24.8 Å². The fraction of sp³-hybridized carbons (Fsp3) is 0.222. The SMILES string of the molecule is COc1cc(Cn2c(C)c(O)n(-c3ccc(S(=O)(=O)C(F)(F)F)cc3)c2=O)ccn1. The summed E-state index contributed by atoms with van der Waals surface area (Å²) in [5.74, 6) is -0.0873. The van der Waals surface area contributed by atoms with Gasteiger partial charge < -0.3 is 9.84 Å². The first-order valence-corrected chi connectivity index (χ1v) is 9.87. The zero-order chi connectivity index (χ0) is 22.3. The Hall–Kier alpha value is -3.28. The zero-order valence-electron chi connectivity index (χ0n) is 15.7. The molecule has 0 fully saturated rings. The first-order valence-electron chi connectivity index (χ1n) is 8.39. The maximum absolute atomic E-state index is 12.8. The molecule has 0 aliphatic rings. The fourth-order valence-electron chi connectivity index (χ4n) is 2.81. The van der Waals surface area contributed by atoms with Gasteiger partial charge in [0.1, 0.15) is 0 Å². The molecule has 3 aromatic rings. The lowest BCUT2D eigenvalue weighted by atomic mass is 10.2. The van der Waals surface area contributed by atoms with Gasteiger partial charge in [-0.25, -0.2) is 22.8 Å². The third kappa shape index (κ3) is 3.65. The second-order valence-corrected chi connectivity index (χ2v) is 8.20. The molecule has 30 heavy (non-hydrogen) atoms. The molecule has 12 heteroatoms. The molecular formula is C18H16F3N3O5S. The minimum atomic E-state index is -5.52. The average molecular weight is 443 g/mol. The Kier molecular flexibility index (Phi) is 5.37. The van der Waals surface area contributed by atoms with Crippen molar-refractivity contribution in [2.75, 3.05) is 7.11 Å². The molecule has 0 radical (unpaired) electrons. The highest BCUT2D eigenvalue weighted by molar-refractivity contribution is 7.92. The van der Waals surface area contributed by atoms with Gasteiger partial charge in [0.2, 0.25) is 11.8 Å². The summed E-state index contributed by atoms with van der Waals surface area (Å²) >= 11 is 0. The largest absolute Gasteiger partial charge is 0.501 e. The van der Waals surface area contributed by atoms with Crippen LogP contribution in [0.1, 0.15) is 11.3 Å². The van der Waals surface area contributed by atoms with E-state index in [9.17, 15) is 31.5 Å². The van der Waals surface area contributed by atoms with Crippen LogP contribution in [0, 0.1) is 6.92 Å². The molecule has 8 nitrogen and oxygen atoms in total. The minimum absolute atomic E-state index is 0.00721. The van der Waals surface area contributed by atoms with Gasteiger partial charge in [-0.1, -0.05) is 0 Å². The van der Waals surface area contributed by atoms with Gasteiger partial charge >= 0.3 is 11.2 Å². The highest BCUT2D eigenvalue weighted by atomic mass is 32.2.